The number of likely N-dealkylation sites (tertiary alicyclic amines) is 1. The van der Waals surface area contributed by atoms with Crippen molar-refractivity contribution in [2.45, 2.75) is 45.2 Å². The summed E-state index contributed by atoms with van der Waals surface area (Å²) in [6.45, 7) is 7.50. The van der Waals surface area contributed by atoms with E-state index in [1.54, 1.807) is 24.3 Å². The van der Waals surface area contributed by atoms with Gasteiger partial charge in [0.25, 0.3) is 0 Å². The van der Waals surface area contributed by atoms with Gasteiger partial charge in [-0.3, -0.25) is 9.69 Å². The van der Waals surface area contributed by atoms with E-state index in [9.17, 15) is 14.7 Å². The van der Waals surface area contributed by atoms with Crippen molar-refractivity contribution in [3.05, 3.63) is 71.3 Å². The van der Waals surface area contributed by atoms with Crippen LogP contribution in [0.15, 0.2) is 54.6 Å². The first-order chi connectivity index (χ1) is 13.8. The molecule has 0 saturated carbocycles. The fourth-order valence-electron chi connectivity index (χ4n) is 4.12. The molecule has 3 rings (SSSR count). The van der Waals surface area contributed by atoms with E-state index in [1.165, 1.54) is 5.56 Å². The van der Waals surface area contributed by atoms with Gasteiger partial charge in [0.2, 0.25) is 5.91 Å². The van der Waals surface area contributed by atoms with Crippen LogP contribution in [-0.4, -0.2) is 40.5 Å². The summed E-state index contributed by atoms with van der Waals surface area (Å²) in [5, 5.41) is 12.4. The number of hydrogen-bond donors (Lipinski definition) is 2. The van der Waals surface area contributed by atoms with Gasteiger partial charge in [-0.25, -0.2) is 4.79 Å². The van der Waals surface area contributed by atoms with Crippen molar-refractivity contribution < 1.29 is 14.7 Å². The van der Waals surface area contributed by atoms with Crippen molar-refractivity contribution in [1.29, 1.82) is 0 Å². The first-order valence-corrected chi connectivity index (χ1v) is 10.2. The minimum Gasteiger partial charge on any atom is -0.478 e. The van der Waals surface area contributed by atoms with Gasteiger partial charge in [0.1, 0.15) is 0 Å². The number of carbonyl (C=O) groups excluding carboxylic acids is 1. The average Bonchev–Trinajstić information content (AvgIpc) is 3.18. The summed E-state index contributed by atoms with van der Waals surface area (Å²) in [6, 6.07) is 16.9. The van der Waals surface area contributed by atoms with Crippen LogP contribution in [0.4, 0.5) is 0 Å². The Labute approximate surface area is 172 Å². The Balaban J connectivity index is 1.63. The number of carboxylic acid groups (broad SMARTS) is 1. The van der Waals surface area contributed by atoms with Crippen LogP contribution >= 0.6 is 0 Å². The van der Waals surface area contributed by atoms with Gasteiger partial charge >= 0.3 is 5.97 Å². The number of nitrogens with zero attached hydrogens (tertiary/aromatic N) is 1. The van der Waals surface area contributed by atoms with Gasteiger partial charge in [0.15, 0.2) is 0 Å². The van der Waals surface area contributed by atoms with Crippen LogP contribution in [0.1, 0.15) is 54.7 Å². The summed E-state index contributed by atoms with van der Waals surface area (Å²) >= 11 is 0. The molecule has 1 fully saturated rings. The van der Waals surface area contributed by atoms with Crippen molar-refractivity contribution in [2.75, 3.05) is 13.1 Å². The molecule has 2 atom stereocenters. The van der Waals surface area contributed by atoms with E-state index in [1.807, 2.05) is 26.8 Å². The maximum absolute atomic E-state index is 13.1. The third-order valence-corrected chi connectivity index (χ3v) is 6.00. The van der Waals surface area contributed by atoms with E-state index in [4.69, 9.17) is 0 Å². The molecule has 0 radical (unpaired) electrons. The SMILES string of the molecule is C[C@H](NC(=O)C(C)(C)N1CCC(Cc2ccccc2)C1)c1ccccc1C(=O)O. The Morgan fingerprint density at radius 3 is 2.48 bits per heavy atom. The van der Waals surface area contributed by atoms with E-state index in [2.05, 4.69) is 34.5 Å². The van der Waals surface area contributed by atoms with E-state index in [-0.39, 0.29) is 17.5 Å². The van der Waals surface area contributed by atoms with Crippen LogP contribution in [0.5, 0.6) is 0 Å². The molecule has 1 aliphatic rings. The van der Waals surface area contributed by atoms with Crippen LogP contribution in [0.2, 0.25) is 0 Å². The average molecular weight is 395 g/mol. The van der Waals surface area contributed by atoms with E-state index in [0.717, 1.165) is 25.9 Å². The molecule has 0 spiro atoms. The molecule has 5 nitrogen and oxygen atoms in total. The second-order valence-corrected chi connectivity index (χ2v) is 8.44. The standard InChI is InChI=1S/C24H30N2O3/c1-17(20-11-7-8-12-21(20)22(27)28)25-23(29)24(2,3)26-14-13-19(16-26)15-18-9-5-4-6-10-18/h4-12,17,19H,13-16H2,1-3H3,(H,25,29)(H,27,28)/t17-,19?/m0/s1. The Morgan fingerprint density at radius 1 is 1.14 bits per heavy atom. The van der Waals surface area contributed by atoms with E-state index < -0.39 is 11.5 Å². The highest BCUT2D eigenvalue weighted by Crippen LogP contribution is 2.28. The largest absolute Gasteiger partial charge is 0.478 e. The lowest BCUT2D eigenvalue weighted by atomic mass is 9.97. The zero-order chi connectivity index (χ0) is 21.0. The third-order valence-electron chi connectivity index (χ3n) is 6.00. The molecule has 0 aromatic heterocycles. The molecule has 2 N–H and O–H groups in total. The van der Waals surface area contributed by atoms with E-state index in [0.29, 0.717) is 11.5 Å². The molecule has 29 heavy (non-hydrogen) atoms. The van der Waals surface area contributed by atoms with Gasteiger partial charge in [0, 0.05) is 6.54 Å². The number of aromatic carboxylic acids is 1. The van der Waals surface area contributed by atoms with Crippen LogP contribution in [-0.2, 0) is 11.2 Å². The predicted molar refractivity (Wildman–Crippen MR) is 114 cm³/mol. The van der Waals surface area contributed by atoms with E-state index >= 15 is 0 Å². The Kier molecular flexibility index (Phi) is 6.38. The lowest BCUT2D eigenvalue weighted by molar-refractivity contribution is -0.131. The Bertz CT molecular complexity index is 863. The minimum atomic E-state index is -0.982. The number of carboxylic acids is 1. The highest BCUT2D eigenvalue weighted by Gasteiger charge is 2.39. The topological polar surface area (TPSA) is 69.6 Å². The van der Waals surface area contributed by atoms with Gasteiger partial charge < -0.3 is 10.4 Å². The number of amides is 1. The summed E-state index contributed by atoms with van der Waals surface area (Å²) in [4.78, 5) is 26.8. The first-order valence-electron chi connectivity index (χ1n) is 10.2. The second-order valence-electron chi connectivity index (χ2n) is 8.44. The Hall–Kier alpha value is -2.66. The molecule has 2 aromatic carbocycles. The summed E-state index contributed by atoms with van der Waals surface area (Å²) in [7, 11) is 0. The summed E-state index contributed by atoms with van der Waals surface area (Å²) in [5.74, 6) is -0.524. The molecule has 1 aliphatic heterocycles. The van der Waals surface area contributed by atoms with Gasteiger partial charge in [-0.2, -0.15) is 0 Å². The summed E-state index contributed by atoms with van der Waals surface area (Å²) in [5.41, 5.74) is 1.52. The summed E-state index contributed by atoms with van der Waals surface area (Å²) in [6.07, 6.45) is 2.10. The lowest BCUT2D eigenvalue weighted by Gasteiger charge is -2.35. The molecule has 0 aliphatic carbocycles. The van der Waals surface area contributed by atoms with Crippen molar-refractivity contribution >= 4 is 11.9 Å². The molecule has 2 aromatic rings. The molecular formula is C24H30N2O3. The fourth-order valence-corrected chi connectivity index (χ4v) is 4.12. The zero-order valence-electron chi connectivity index (χ0n) is 17.4. The van der Waals surface area contributed by atoms with Crippen molar-refractivity contribution in [3.63, 3.8) is 0 Å². The molecular weight excluding hydrogens is 364 g/mol. The molecule has 1 saturated heterocycles. The Morgan fingerprint density at radius 2 is 1.79 bits per heavy atom. The summed E-state index contributed by atoms with van der Waals surface area (Å²) < 4.78 is 0. The quantitative estimate of drug-likeness (QED) is 0.747. The van der Waals surface area contributed by atoms with Crippen LogP contribution in [0, 0.1) is 5.92 Å². The van der Waals surface area contributed by atoms with Gasteiger partial charge in [-0.15, -0.1) is 0 Å². The highest BCUT2D eigenvalue weighted by atomic mass is 16.4. The maximum Gasteiger partial charge on any atom is 0.336 e. The third kappa shape index (κ3) is 4.85. The maximum atomic E-state index is 13.1. The van der Waals surface area contributed by atoms with Crippen LogP contribution in [0.25, 0.3) is 0 Å². The number of carbonyl (C=O) groups is 2. The molecule has 5 heteroatoms. The minimum absolute atomic E-state index is 0.0782. The van der Waals surface area contributed by atoms with Crippen LogP contribution < -0.4 is 5.32 Å². The van der Waals surface area contributed by atoms with Crippen molar-refractivity contribution in [2.24, 2.45) is 5.92 Å². The molecule has 1 heterocycles. The van der Waals surface area contributed by atoms with Gasteiger partial charge in [0.05, 0.1) is 17.1 Å². The molecule has 0 bridgehead atoms. The monoisotopic (exact) mass is 394 g/mol. The van der Waals surface area contributed by atoms with Gasteiger partial charge in [-0.05, 0) is 63.3 Å². The number of hydrogen-bond acceptors (Lipinski definition) is 3. The number of rotatable bonds is 7. The normalized spacial score (nSPS) is 18.4. The van der Waals surface area contributed by atoms with Crippen molar-refractivity contribution in [1.82, 2.24) is 10.2 Å². The van der Waals surface area contributed by atoms with Crippen LogP contribution in [0.3, 0.4) is 0 Å². The number of benzene rings is 2. The molecule has 1 unspecified atom stereocenters. The lowest BCUT2D eigenvalue weighted by Crippen LogP contribution is -2.54. The molecule has 154 valence electrons. The first kappa shape index (κ1) is 21.1. The second kappa shape index (κ2) is 8.78. The smallest absolute Gasteiger partial charge is 0.336 e. The highest BCUT2D eigenvalue weighted by molar-refractivity contribution is 5.90. The number of nitrogens with one attached hydrogen (secondary N) is 1. The molecule has 1 amide bonds. The fraction of sp³-hybridized carbons (Fsp3) is 0.417. The zero-order valence-corrected chi connectivity index (χ0v) is 17.4. The predicted octanol–water partition coefficient (Wildman–Crippen LogP) is 3.91. The van der Waals surface area contributed by atoms with Crippen molar-refractivity contribution in [3.8, 4) is 0 Å². The van der Waals surface area contributed by atoms with Gasteiger partial charge in [-0.1, -0.05) is 48.5 Å².